The van der Waals surface area contributed by atoms with Gasteiger partial charge in [-0.15, -0.1) is 0 Å². The summed E-state index contributed by atoms with van der Waals surface area (Å²) in [5.41, 5.74) is 7.10. The first-order valence-electron chi connectivity index (χ1n) is 5.61. The Kier molecular flexibility index (Phi) is 3.78. The molecule has 0 aliphatic heterocycles. The standard InChI is InChI=1S/C13H20N2O2/c1-8(16)11-6-5-10(7-12(11)14)15-13(3,4)9(2)17/h5-7,9,15,17H,14H2,1-4H3. The molecule has 0 radical (unpaired) electrons. The van der Waals surface area contributed by atoms with Gasteiger partial charge < -0.3 is 16.2 Å². The minimum atomic E-state index is -0.504. The maximum atomic E-state index is 11.2. The van der Waals surface area contributed by atoms with Gasteiger partial charge in [0.2, 0.25) is 0 Å². The number of aliphatic hydroxyl groups is 1. The second kappa shape index (κ2) is 4.75. The first-order chi connectivity index (χ1) is 7.74. The molecule has 4 nitrogen and oxygen atoms in total. The summed E-state index contributed by atoms with van der Waals surface area (Å²) < 4.78 is 0. The number of carbonyl (C=O) groups excluding carboxylic acids is 1. The van der Waals surface area contributed by atoms with Crippen LogP contribution in [0.4, 0.5) is 11.4 Å². The summed E-state index contributed by atoms with van der Waals surface area (Å²) in [5.74, 6) is -0.0520. The van der Waals surface area contributed by atoms with E-state index in [1.807, 2.05) is 13.8 Å². The Bertz CT molecular complexity index is 425. The fourth-order valence-electron chi connectivity index (χ4n) is 1.44. The molecule has 0 aliphatic rings. The Morgan fingerprint density at radius 2 is 2.06 bits per heavy atom. The van der Waals surface area contributed by atoms with Gasteiger partial charge in [-0.3, -0.25) is 4.79 Å². The van der Waals surface area contributed by atoms with E-state index >= 15 is 0 Å². The van der Waals surface area contributed by atoms with Gasteiger partial charge in [0.05, 0.1) is 11.6 Å². The number of hydrogen-bond donors (Lipinski definition) is 3. The predicted molar refractivity (Wildman–Crippen MR) is 70.2 cm³/mol. The molecular weight excluding hydrogens is 216 g/mol. The Morgan fingerprint density at radius 3 is 2.47 bits per heavy atom. The molecule has 0 heterocycles. The van der Waals surface area contributed by atoms with Gasteiger partial charge in [0.25, 0.3) is 0 Å². The number of nitrogens with one attached hydrogen (secondary N) is 1. The van der Waals surface area contributed by atoms with E-state index in [-0.39, 0.29) is 5.78 Å². The van der Waals surface area contributed by atoms with Crippen molar-refractivity contribution in [3.05, 3.63) is 23.8 Å². The quantitative estimate of drug-likeness (QED) is 0.552. The van der Waals surface area contributed by atoms with E-state index in [2.05, 4.69) is 5.32 Å². The molecule has 1 rings (SSSR count). The van der Waals surface area contributed by atoms with Crippen molar-refractivity contribution in [2.24, 2.45) is 0 Å². The van der Waals surface area contributed by atoms with Crippen LogP contribution in [0.25, 0.3) is 0 Å². The van der Waals surface area contributed by atoms with Gasteiger partial charge >= 0.3 is 0 Å². The second-order valence-electron chi connectivity index (χ2n) is 4.88. The first-order valence-corrected chi connectivity index (χ1v) is 5.61. The van der Waals surface area contributed by atoms with Gasteiger partial charge in [0, 0.05) is 16.9 Å². The van der Waals surface area contributed by atoms with Crippen molar-refractivity contribution in [1.82, 2.24) is 0 Å². The number of Topliss-reactive ketones (excluding diaryl/α,β-unsaturated/α-hetero) is 1. The van der Waals surface area contributed by atoms with E-state index in [4.69, 9.17) is 5.73 Å². The summed E-state index contributed by atoms with van der Waals surface area (Å²) in [5, 5.41) is 12.8. The van der Waals surface area contributed by atoms with Crippen molar-refractivity contribution in [3.8, 4) is 0 Å². The molecule has 17 heavy (non-hydrogen) atoms. The summed E-state index contributed by atoms with van der Waals surface area (Å²) in [6.07, 6.45) is -0.504. The lowest BCUT2D eigenvalue weighted by atomic mass is 9.98. The fraction of sp³-hybridized carbons (Fsp3) is 0.462. The van der Waals surface area contributed by atoms with Gasteiger partial charge in [-0.1, -0.05) is 0 Å². The molecule has 0 saturated carbocycles. The normalized spacial score (nSPS) is 13.2. The molecular formula is C13H20N2O2. The third kappa shape index (κ3) is 3.20. The van der Waals surface area contributed by atoms with E-state index in [0.717, 1.165) is 5.69 Å². The van der Waals surface area contributed by atoms with Crippen LogP contribution < -0.4 is 11.1 Å². The summed E-state index contributed by atoms with van der Waals surface area (Å²) >= 11 is 0. The number of nitrogens with two attached hydrogens (primary N) is 1. The molecule has 0 aliphatic carbocycles. The highest BCUT2D eigenvalue weighted by Gasteiger charge is 2.23. The summed E-state index contributed by atoms with van der Waals surface area (Å²) in [7, 11) is 0. The Balaban J connectivity index is 2.96. The van der Waals surface area contributed by atoms with Crippen LogP contribution in [0.15, 0.2) is 18.2 Å². The number of rotatable bonds is 4. The zero-order valence-corrected chi connectivity index (χ0v) is 10.7. The van der Waals surface area contributed by atoms with Crippen LogP contribution in [-0.2, 0) is 0 Å². The highest BCUT2D eigenvalue weighted by molar-refractivity contribution is 5.99. The summed E-state index contributed by atoms with van der Waals surface area (Å²) in [6, 6.07) is 5.19. The molecule has 0 fully saturated rings. The van der Waals surface area contributed by atoms with Gasteiger partial charge in [-0.25, -0.2) is 0 Å². The van der Waals surface area contributed by atoms with Crippen molar-refractivity contribution >= 4 is 17.2 Å². The number of benzene rings is 1. The van der Waals surface area contributed by atoms with E-state index in [9.17, 15) is 9.90 Å². The van der Waals surface area contributed by atoms with Crippen molar-refractivity contribution < 1.29 is 9.90 Å². The topological polar surface area (TPSA) is 75.3 Å². The average molecular weight is 236 g/mol. The highest BCUT2D eigenvalue weighted by Crippen LogP contribution is 2.23. The van der Waals surface area contributed by atoms with Gasteiger partial charge in [0.15, 0.2) is 5.78 Å². The summed E-state index contributed by atoms with van der Waals surface area (Å²) in [4.78, 5) is 11.2. The number of carbonyl (C=O) groups is 1. The Morgan fingerprint density at radius 1 is 1.47 bits per heavy atom. The van der Waals surface area contributed by atoms with Crippen LogP contribution in [0.5, 0.6) is 0 Å². The fourth-order valence-corrected chi connectivity index (χ4v) is 1.44. The Labute approximate surface area is 102 Å². The van der Waals surface area contributed by atoms with Crippen LogP contribution in [0.3, 0.4) is 0 Å². The van der Waals surface area contributed by atoms with Gasteiger partial charge in [0.1, 0.15) is 0 Å². The van der Waals surface area contributed by atoms with Crippen LogP contribution in [0, 0.1) is 0 Å². The zero-order valence-electron chi connectivity index (χ0n) is 10.7. The van der Waals surface area contributed by atoms with Crippen LogP contribution in [0.2, 0.25) is 0 Å². The molecule has 4 N–H and O–H groups in total. The monoisotopic (exact) mass is 236 g/mol. The number of anilines is 2. The Hall–Kier alpha value is -1.55. The maximum Gasteiger partial charge on any atom is 0.161 e. The predicted octanol–water partition coefficient (Wildman–Crippen LogP) is 2.04. The van der Waals surface area contributed by atoms with Crippen LogP contribution in [-0.4, -0.2) is 22.5 Å². The zero-order chi connectivity index (χ0) is 13.2. The maximum absolute atomic E-state index is 11.2. The number of aliphatic hydroxyl groups excluding tert-OH is 1. The van der Waals surface area contributed by atoms with Crippen LogP contribution >= 0.6 is 0 Å². The average Bonchev–Trinajstić information content (AvgIpc) is 2.15. The van der Waals surface area contributed by atoms with Crippen LogP contribution in [0.1, 0.15) is 38.1 Å². The lowest BCUT2D eigenvalue weighted by Gasteiger charge is -2.30. The third-order valence-corrected chi connectivity index (χ3v) is 2.94. The van der Waals surface area contributed by atoms with Crippen molar-refractivity contribution in [1.29, 1.82) is 0 Å². The number of ketones is 1. The molecule has 1 atom stereocenters. The van der Waals surface area contributed by atoms with E-state index < -0.39 is 11.6 Å². The molecule has 94 valence electrons. The molecule has 0 aromatic heterocycles. The molecule has 1 aromatic carbocycles. The van der Waals surface area contributed by atoms with E-state index in [1.54, 1.807) is 25.1 Å². The van der Waals surface area contributed by atoms with Crippen molar-refractivity contribution in [3.63, 3.8) is 0 Å². The minimum absolute atomic E-state index is 0.0520. The number of nitrogen functional groups attached to an aromatic ring is 1. The number of hydrogen-bond acceptors (Lipinski definition) is 4. The first kappa shape index (κ1) is 13.5. The van der Waals surface area contributed by atoms with E-state index in [1.165, 1.54) is 6.92 Å². The van der Waals surface area contributed by atoms with Gasteiger partial charge in [-0.05, 0) is 45.9 Å². The van der Waals surface area contributed by atoms with Crippen molar-refractivity contribution in [2.75, 3.05) is 11.1 Å². The molecule has 0 spiro atoms. The largest absolute Gasteiger partial charge is 0.398 e. The smallest absolute Gasteiger partial charge is 0.161 e. The lowest BCUT2D eigenvalue weighted by molar-refractivity contribution is 0.101. The minimum Gasteiger partial charge on any atom is -0.398 e. The summed E-state index contributed by atoms with van der Waals surface area (Å²) in [6.45, 7) is 7.00. The van der Waals surface area contributed by atoms with Gasteiger partial charge in [-0.2, -0.15) is 0 Å². The molecule has 0 bridgehead atoms. The van der Waals surface area contributed by atoms with E-state index in [0.29, 0.717) is 11.3 Å². The third-order valence-electron chi connectivity index (χ3n) is 2.94. The second-order valence-corrected chi connectivity index (χ2v) is 4.88. The SMILES string of the molecule is CC(=O)c1ccc(NC(C)(C)C(C)O)cc1N. The van der Waals surface area contributed by atoms with Crippen molar-refractivity contribution in [2.45, 2.75) is 39.3 Å². The molecule has 1 aromatic rings. The molecule has 1 unspecified atom stereocenters. The molecule has 4 heteroatoms. The molecule has 0 saturated heterocycles. The molecule has 0 amide bonds. The highest BCUT2D eigenvalue weighted by atomic mass is 16.3. The lowest BCUT2D eigenvalue weighted by Crippen LogP contribution is -2.41.